The summed E-state index contributed by atoms with van der Waals surface area (Å²) in [7, 11) is 0. The summed E-state index contributed by atoms with van der Waals surface area (Å²) in [5, 5.41) is 2.34. The van der Waals surface area contributed by atoms with Gasteiger partial charge < -0.3 is 14.2 Å². The van der Waals surface area contributed by atoms with E-state index in [0.29, 0.717) is 0 Å². The molecule has 0 aliphatic carbocycles. The van der Waals surface area contributed by atoms with Gasteiger partial charge in [-0.15, -0.1) is 0 Å². The fourth-order valence-corrected chi connectivity index (χ4v) is 15.9. The minimum absolute atomic E-state index is 0.00785. The van der Waals surface area contributed by atoms with Gasteiger partial charge in [-0.25, -0.2) is 0 Å². The third kappa shape index (κ3) is 12.8. The Morgan fingerprint density at radius 1 is 0.250 bits per heavy atom. The predicted molar refractivity (Wildman–Crippen MR) is 450 cm³/mol. The molecular weight excluding hydrogens is 1260 g/mol. The summed E-state index contributed by atoms with van der Waals surface area (Å²) >= 11 is 0. The highest BCUT2D eigenvalue weighted by atomic mass is 16.5. The lowest BCUT2D eigenvalue weighted by Crippen LogP contribution is -2.60. The summed E-state index contributed by atoms with van der Waals surface area (Å²) in [6.45, 7) is 48.4. The van der Waals surface area contributed by atoms with Crippen LogP contribution in [0.1, 0.15) is 184 Å². The molecule has 0 spiro atoms. The molecule has 0 N–H and O–H groups in total. The number of ether oxygens (including phenoxy) is 1. The van der Waals surface area contributed by atoms with Crippen molar-refractivity contribution < 1.29 is 4.74 Å². The smallest absolute Gasteiger partial charge is 0.256 e. The highest BCUT2D eigenvalue weighted by molar-refractivity contribution is 6.99. The minimum Gasteiger partial charge on any atom is -0.458 e. The molecule has 0 saturated heterocycles. The van der Waals surface area contributed by atoms with Gasteiger partial charge in [0.2, 0.25) is 0 Å². The molecule has 3 heterocycles. The van der Waals surface area contributed by atoms with E-state index in [1.807, 2.05) is 0 Å². The second kappa shape index (κ2) is 24.9. The van der Waals surface area contributed by atoms with Crippen molar-refractivity contribution in [1.29, 1.82) is 0 Å². The highest BCUT2D eigenvalue weighted by Crippen LogP contribution is 2.50. The molecular formula is C100H103BN2O. The zero-order valence-electron chi connectivity index (χ0n) is 65.5. The average Bonchev–Trinajstić information content (AvgIpc) is 1.41. The summed E-state index contributed by atoms with van der Waals surface area (Å²) in [4.78, 5) is 2.56. The van der Waals surface area contributed by atoms with Gasteiger partial charge in [0.25, 0.3) is 6.71 Å². The molecule has 1 aromatic heterocycles. The molecule has 2 aliphatic heterocycles. The van der Waals surface area contributed by atoms with E-state index < -0.39 is 0 Å². The molecule has 2 aliphatic rings. The number of benzene rings is 12. The van der Waals surface area contributed by atoms with Crippen molar-refractivity contribution in [1.82, 2.24) is 4.57 Å². The van der Waals surface area contributed by atoms with Crippen molar-refractivity contribution in [3.05, 3.63) is 282 Å². The van der Waals surface area contributed by atoms with E-state index in [2.05, 4.69) is 398 Å². The zero-order chi connectivity index (χ0) is 73.7. The van der Waals surface area contributed by atoms with E-state index >= 15 is 0 Å². The Labute approximate surface area is 621 Å². The van der Waals surface area contributed by atoms with Crippen molar-refractivity contribution in [2.24, 2.45) is 0 Å². The van der Waals surface area contributed by atoms with Gasteiger partial charge in [-0.3, -0.25) is 0 Å². The zero-order valence-corrected chi connectivity index (χ0v) is 65.5. The topological polar surface area (TPSA) is 17.4 Å². The van der Waals surface area contributed by atoms with Crippen molar-refractivity contribution in [2.75, 3.05) is 4.90 Å². The number of fused-ring (bicyclic) bond motifs is 7. The van der Waals surface area contributed by atoms with E-state index in [0.717, 1.165) is 61.8 Å². The molecule has 0 amide bonds. The van der Waals surface area contributed by atoms with Crippen LogP contribution in [0.15, 0.2) is 243 Å². The van der Waals surface area contributed by atoms with Gasteiger partial charge in [-0.1, -0.05) is 315 Å². The van der Waals surface area contributed by atoms with E-state index in [4.69, 9.17) is 4.74 Å². The fourth-order valence-electron chi connectivity index (χ4n) is 15.9. The third-order valence-corrected chi connectivity index (χ3v) is 22.4. The van der Waals surface area contributed by atoms with Crippen LogP contribution in [0, 0.1) is 0 Å². The van der Waals surface area contributed by atoms with Crippen LogP contribution in [-0.4, -0.2) is 11.3 Å². The third-order valence-electron chi connectivity index (χ3n) is 22.4. The summed E-state index contributed by atoms with van der Waals surface area (Å²) < 4.78 is 10.3. The molecule has 15 rings (SSSR count). The molecule has 0 saturated carbocycles. The summed E-state index contributed by atoms with van der Waals surface area (Å²) in [5.41, 5.74) is 33.1. The molecule has 0 unspecified atom stereocenters. The van der Waals surface area contributed by atoms with Gasteiger partial charge >= 0.3 is 0 Å². The Hall–Kier alpha value is -9.90. The maximum atomic E-state index is 7.68. The SMILES string of the molecule is CC(C)(C)c1ccc(-c2cc(-c3ccc(C(C)(C)C)cc3)cc(-c3cccc4c5cccc(-c6cc(-c7ccc(C(C)(C)C)cc7)cc(-c7ccc(C(C)(C)C)cc7)c6)c5n(-c5cc6c7c(c5)N(c5ccc(C(C)(C)C)cc5)c5ccc(C(C)(C)C)cc5B7c5cc(C(C)(C)C)ccc5O6)c34)c2)cc1. The van der Waals surface area contributed by atoms with Gasteiger partial charge in [0.15, 0.2) is 0 Å². The quantitative estimate of drug-likeness (QED) is 0.141. The first-order valence-corrected chi connectivity index (χ1v) is 37.8. The standard InChI is InChI=1S/C100H103BN2O/c1-94(2,3)72-36-28-62(29-37-72)66-52-67(63-30-38-73(39-31-63)95(4,5)6)55-70(54-66)81-24-22-26-83-84-27-23-25-82(71-56-68(64-32-40-74(41-33-64)96(7,8)9)53-69(57-71)65-34-42-75(43-35-65)97(10,11)12)93(84)103(92(81)83)80-60-88-91-90(61-80)104-89-51-47-78(100(19,20)21)59-86(89)101(91)85-58-77(99(16,17)18)46-50-87(85)102(88)79-48-44-76(45-49-79)98(13,14)15/h22-61H,1-21H3. The van der Waals surface area contributed by atoms with Gasteiger partial charge in [0.05, 0.1) is 16.7 Å². The van der Waals surface area contributed by atoms with Crippen LogP contribution in [0.3, 0.4) is 0 Å². The van der Waals surface area contributed by atoms with E-state index in [9.17, 15) is 0 Å². The molecule has 12 aromatic carbocycles. The maximum absolute atomic E-state index is 7.68. The number of anilines is 3. The molecule has 13 aromatic rings. The number of para-hydroxylation sites is 2. The Bertz CT molecular complexity index is 5130. The maximum Gasteiger partial charge on any atom is 0.256 e. The molecule has 522 valence electrons. The molecule has 0 radical (unpaired) electrons. The average molecular weight is 1360 g/mol. The monoisotopic (exact) mass is 1360 g/mol. The largest absolute Gasteiger partial charge is 0.458 e. The summed E-state index contributed by atoms with van der Waals surface area (Å²) in [6.07, 6.45) is 0. The Morgan fingerprint density at radius 3 is 0.942 bits per heavy atom. The molecule has 0 atom stereocenters. The first kappa shape index (κ1) is 69.8. The fraction of sp³-hybridized carbons (Fsp3) is 0.280. The summed E-state index contributed by atoms with van der Waals surface area (Å²) in [5.74, 6) is 1.75. The first-order valence-electron chi connectivity index (χ1n) is 37.8. The van der Waals surface area contributed by atoms with Crippen molar-refractivity contribution >= 4 is 62.0 Å². The highest BCUT2D eigenvalue weighted by Gasteiger charge is 2.44. The van der Waals surface area contributed by atoms with Crippen molar-refractivity contribution in [2.45, 2.75) is 183 Å². The van der Waals surface area contributed by atoms with E-state index in [1.54, 1.807) is 0 Å². The summed E-state index contributed by atoms with van der Waals surface area (Å²) in [6, 6.07) is 94.4. The minimum atomic E-state index is -0.126. The second-order valence-corrected chi connectivity index (χ2v) is 37.2. The normalized spacial score (nSPS) is 13.5. The van der Waals surface area contributed by atoms with Gasteiger partial charge in [-0.2, -0.15) is 0 Å². The Kier molecular flexibility index (Phi) is 16.7. The molecule has 0 fully saturated rings. The van der Waals surface area contributed by atoms with Crippen LogP contribution in [0.25, 0.3) is 94.3 Å². The Morgan fingerprint density at radius 2 is 0.577 bits per heavy atom. The molecule has 104 heavy (non-hydrogen) atoms. The van der Waals surface area contributed by atoms with E-state index in [1.165, 1.54) is 116 Å². The number of hydrogen-bond acceptors (Lipinski definition) is 2. The van der Waals surface area contributed by atoms with Crippen LogP contribution in [0.5, 0.6) is 11.5 Å². The second-order valence-electron chi connectivity index (χ2n) is 37.2. The lowest BCUT2D eigenvalue weighted by Gasteiger charge is -2.41. The van der Waals surface area contributed by atoms with Crippen LogP contribution in [0.2, 0.25) is 0 Å². The first-order chi connectivity index (χ1) is 48.9. The van der Waals surface area contributed by atoms with Crippen LogP contribution < -0.4 is 26.0 Å². The predicted octanol–water partition coefficient (Wildman–Crippen LogP) is 26.3. The lowest BCUT2D eigenvalue weighted by molar-refractivity contribution is 0.486. The van der Waals surface area contributed by atoms with Crippen molar-refractivity contribution in [3.8, 4) is 83.9 Å². The number of rotatable bonds is 8. The van der Waals surface area contributed by atoms with Gasteiger partial charge in [0.1, 0.15) is 11.5 Å². The molecule has 3 nitrogen and oxygen atoms in total. The number of aromatic nitrogens is 1. The lowest BCUT2D eigenvalue weighted by atomic mass is 9.33. The van der Waals surface area contributed by atoms with Crippen LogP contribution in [0.4, 0.5) is 17.1 Å². The number of nitrogens with zero attached hydrogens (tertiary/aromatic N) is 2. The van der Waals surface area contributed by atoms with E-state index in [-0.39, 0.29) is 44.6 Å². The number of hydrogen-bond donors (Lipinski definition) is 0. The van der Waals surface area contributed by atoms with Gasteiger partial charge in [-0.05, 0) is 216 Å². The van der Waals surface area contributed by atoms with Crippen LogP contribution in [-0.2, 0) is 37.9 Å². The van der Waals surface area contributed by atoms with Gasteiger partial charge in [0, 0.05) is 45.0 Å². The molecule has 4 heteroatoms. The molecule has 0 bridgehead atoms. The van der Waals surface area contributed by atoms with Crippen LogP contribution >= 0.6 is 0 Å². The Balaban J connectivity index is 1.07. The van der Waals surface area contributed by atoms with Crippen molar-refractivity contribution in [3.63, 3.8) is 0 Å².